The molecule has 4 rings (SSSR count). The Morgan fingerprint density at radius 2 is 1.15 bits per heavy atom. The molecule has 0 amide bonds. The third-order valence-electron chi connectivity index (χ3n) is 5.58. The van der Waals surface area contributed by atoms with Crippen LogP contribution in [0.15, 0.2) is 5.57 Å². The Labute approximate surface area is 123 Å². The summed E-state index contributed by atoms with van der Waals surface area (Å²) in [4.78, 5) is 0. The van der Waals surface area contributed by atoms with Crippen molar-refractivity contribution >= 4 is 6.08 Å². The van der Waals surface area contributed by atoms with Crippen LogP contribution in [0, 0.1) is 10.8 Å². The highest BCUT2D eigenvalue weighted by Gasteiger charge is 2.40. The highest BCUT2D eigenvalue weighted by atomic mass is 14.4. The van der Waals surface area contributed by atoms with Crippen LogP contribution in [0.4, 0.5) is 0 Å². The molecule has 0 unspecified atom stereocenters. The summed E-state index contributed by atoms with van der Waals surface area (Å²) in [5.41, 5.74) is 12.7. The van der Waals surface area contributed by atoms with Gasteiger partial charge >= 0.3 is 0 Å². The second-order valence-electron chi connectivity index (χ2n) is 9.01. The Morgan fingerprint density at radius 3 is 1.75 bits per heavy atom. The van der Waals surface area contributed by atoms with E-state index in [1.54, 1.807) is 39.0 Å². The SMILES string of the molecule is CC1=Cc2c3c(c4c(c2C1)CC(C)(C)C4)CC(C)(C)C3. The smallest absolute Gasteiger partial charge is 0.00577 e. The van der Waals surface area contributed by atoms with Gasteiger partial charge in [0, 0.05) is 0 Å². The van der Waals surface area contributed by atoms with Gasteiger partial charge in [-0.05, 0) is 83.2 Å². The van der Waals surface area contributed by atoms with Crippen molar-refractivity contribution in [3.63, 3.8) is 0 Å². The van der Waals surface area contributed by atoms with Crippen LogP contribution in [-0.2, 0) is 32.1 Å². The molecule has 0 saturated carbocycles. The van der Waals surface area contributed by atoms with Crippen molar-refractivity contribution < 1.29 is 0 Å². The standard InChI is InChI=1S/C20H26/c1-12-6-13-14(7-12)16-9-20(4,5)11-18(16)17-10-19(2,3)8-15(13)17/h6H,7-11H2,1-5H3. The molecule has 0 nitrogen and oxygen atoms in total. The molecule has 0 saturated heterocycles. The first-order valence-electron chi connectivity index (χ1n) is 8.11. The molecule has 0 N–H and O–H groups in total. The van der Waals surface area contributed by atoms with Crippen LogP contribution in [0.25, 0.3) is 6.08 Å². The van der Waals surface area contributed by atoms with Crippen molar-refractivity contribution in [3.8, 4) is 0 Å². The van der Waals surface area contributed by atoms with Gasteiger partial charge in [0.15, 0.2) is 0 Å². The van der Waals surface area contributed by atoms with E-state index in [-0.39, 0.29) is 0 Å². The number of fused-ring (bicyclic) bond motifs is 6. The predicted molar refractivity (Wildman–Crippen MR) is 86.2 cm³/mol. The van der Waals surface area contributed by atoms with Gasteiger partial charge in [0.1, 0.15) is 0 Å². The minimum Gasteiger partial charge on any atom is -0.0683 e. The lowest BCUT2D eigenvalue weighted by Crippen LogP contribution is -2.11. The minimum absolute atomic E-state index is 0.461. The van der Waals surface area contributed by atoms with E-state index in [2.05, 4.69) is 40.7 Å². The van der Waals surface area contributed by atoms with Crippen molar-refractivity contribution in [2.24, 2.45) is 10.8 Å². The van der Waals surface area contributed by atoms with E-state index >= 15 is 0 Å². The second-order valence-corrected chi connectivity index (χ2v) is 9.01. The molecule has 0 spiro atoms. The molecule has 0 fully saturated rings. The van der Waals surface area contributed by atoms with Crippen LogP contribution in [0.3, 0.4) is 0 Å². The van der Waals surface area contributed by atoms with Gasteiger partial charge in [-0.2, -0.15) is 0 Å². The molecular formula is C20H26. The number of rotatable bonds is 0. The molecular weight excluding hydrogens is 240 g/mol. The van der Waals surface area contributed by atoms with Gasteiger partial charge < -0.3 is 0 Å². The highest BCUT2D eigenvalue weighted by molar-refractivity contribution is 5.73. The molecule has 3 aliphatic carbocycles. The van der Waals surface area contributed by atoms with Gasteiger partial charge in [0.2, 0.25) is 0 Å². The summed E-state index contributed by atoms with van der Waals surface area (Å²) in [6, 6.07) is 0. The Balaban J connectivity index is 1.99. The Bertz CT molecular complexity index is 653. The summed E-state index contributed by atoms with van der Waals surface area (Å²) < 4.78 is 0. The molecule has 0 radical (unpaired) electrons. The zero-order chi connectivity index (χ0) is 14.3. The van der Waals surface area contributed by atoms with Crippen LogP contribution in [0.5, 0.6) is 0 Å². The normalized spacial score (nSPS) is 24.4. The third kappa shape index (κ3) is 1.66. The zero-order valence-electron chi connectivity index (χ0n) is 13.6. The third-order valence-corrected chi connectivity index (χ3v) is 5.58. The first-order chi connectivity index (χ1) is 9.26. The van der Waals surface area contributed by atoms with E-state index in [4.69, 9.17) is 0 Å². The Morgan fingerprint density at radius 1 is 0.700 bits per heavy atom. The van der Waals surface area contributed by atoms with Crippen LogP contribution >= 0.6 is 0 Å². The fourth-order valence-electron chi connectivity index (χ4n) is 4.89. The summed E-state index contributed by atoms with van der Waals surface area (Å²) >= 11 is 0. The van der Waals surface area contributed by atoms with Crippen molar-refractivity contribution in [3.05, 3.63) is 39.0 Å². The van der Waals surface area contributed by atoms with E-state index < -0.39 is 0 Å². The molecule has 1 aromatic carbocycles. The van der Waals surface area contributed by atoms with E-state index in [1.165, 1.54) is 32.1 Å². The molecule has 20 heavy (non-hydrogen) atoms. The maximum Gasteiger partial charge on any atom is -0.00577 e. The van der Waals surface area contributed by atoms with Gasteiger partial charge in [-0.25, -0.2) is 0 Å². The molecule has 0 aliphatic heterocycles. The predicted octanol–water partition coefficient (Wildman–Crippen LogP) is 4.90. The lowest BCUT2D eigenvalue weighted by Gasteiger charge is -2.17. The highest BCUT2D eigenvalue weighted by Crippen LogP contribution is 2.50. The van der Waals surface area contributed by atoms with Crippen LogP contribution in [-0.4, -0.2) is 0 Å². The maximum absolute atomic E-state index is 2.49. The van der Waals surface area contributed by atoms with Gasteiger partial charge in [-0.15, -0.1) is 0 Å². The molecule has 3 aliphatic rings. The molecule has 0 heterocycles. The molecule has 0 bridgehead atoms. The average Bonchev–Trinajstić information content (AvgIpc) is 2.90. The first kappa shape index (κ1) is 12.7. The molecule has 0 heteroatoms. The number of hydrogen-bond acceptors (Lipinski definition) is 0. The van der Waals surface area contributed by atoms with Gasteiger partial charge in [-0.1, -0.05) is 39.3 Å². The van der Waals surface area contributed by atoms with Crippen LogP contribution < -0.4 is 0 Å². The summed E-state index contributed by atoms with van der Waals surface area (Å²) in [7, 11) is 0. The second kappa shape index (κ2) is 3.59. The molecule has 0 atom stereocenters. The molecule has 106 valence electrons. The molecule has 0 aromatic heterocycles. The topological polar surface area (TPSA) is 0 Å². The van der Waals surface area contributed by atoms with Gasteiger partial charge in [0.05, 0.1) is 0 Å². The monoisotopic (exact) mass is 266 g/mol. The van der Waals surface area contributed by atoms with Gasteiger partial charge in [0.25, 0.3) is 0 Å². The number of benzene rings is 1. The quantitative estimate of drug-likeness (QED) is 0.627. The Kier molecular flexibility index (Phi) is 2.27. The van der Waals surface area contributed by atoms with Crippen LogP contribution in [0.1, 0.15) is 68.0 Å². The van der Waals surface area contributed by atoms with E-state index in [1.807, 2.05) is 0 Å². The summed E-state index contributed by atoms with van der Waals surface area (Å²) in [6.07, 6.45) is 8.86. The summed E-state index contributed by atoms with van der Waals surface area (Å²) in [5, 5.41) is 0. The summed E-state index contributed by atoms with van der Waals surface area (Å²) in [6.45, 7) is 12.1. The fraction of sp³-hybridized carbons (Fsp3) is 0.600. The lowest BCUT2D eigenvalue weighted by atomic mass is 9.88. The van der Waals surface area contributed by atoms with E-state index in [0.717, 1.165) is 0 Å². The fourth-order valence-corrected chi connectivity index (χ4v) is 4.89. The number of allylic oxidation sites excluding steroid dienone is 1. The van der Waals surface area contributed by atoms with E-state index in [9.17, 15) is 0 Å². The maximum atomic E-state index is 2.49. The van der Waals surface area contributed by atoms with Crippen molar-refractivity contribution in [1.82, 2.24) is 0 Å². The van der Waals surface area contributed by atoms with Crippen LogP contribution in [0.2, 0.25) is 0 Å². The largest absolute Gasteiger partial charge is 0.0683 e. The number of hydrogen-bond donors (Lipinski definition) is 0. The first-order valence-corrected chi connectivity index (χ1v) is 8.11. The average molecular weight is 266 g/mol. The van der Waals surface area contributed by atoms with Crippen molar-refractivity contribution in [2.75, 3.05) is 0 Å². The van der Waals surface area contributed by atoms with Crippen molar-refractivity contribution in [1.29, 1.82) is 0 Å². The van der Waals surface area contributed by atoms with Crippen molar-refractivity contribution in [2.45, 2.75) is 66.7 Å². The Hall–Kier alpha value is -1.04. The van der Waals surface area contributed by atoms with Gasteiger partial charge in [-0.3, -0.25) is 0 Å². The lowest BCUT2D eigenvalue weighted by molar-refractivity contribution is 0.383. The molecule has 1 aromatic rings. The van der Waals surface area contributed by atoms with E-state index in [0.29, 0.717) is 10.8 Å². The minimum atomic E-state index is 0.461. The summed E-state index contributed by atoms with van der Waals surface area (Å²) in [5.74, 6) is 0. The zero-order valence-corrected chi connectivity index (χ0v) is 13.6.